The lowest BCUT2D eigenvalue weighted by molar-refractivity contribution is 0.491. The van der Waals surface area contributed by atoms with Gasteiger partial charge in [0.1, 0.15) is 5.03 Å². The molecule has 0 aliphatic heterocycles. The molecule has 0 bridgehead atoms. The van der Waals surface area contributed by atoms with Crippen molar-refractivity contribution < 1.29 is 0 Å². The minimum Gasteiger partial charge on any atom is -0.395 e. The highest BCUT2D eigenvalue weighted by Gasteiger charge is 2.16. The summed E-state index contributed by atoms with van der Waals surface area (Å²) in [7, 11) is 0. The summed E-state index contributed by atoms with van der Waals surface area (Å²) in [5.41, 5.74) is 7.23. The molecule has 6 nitrogen and oxygen atoms in total. The van der Waals surface area contributed by atoms with Crippen molar-refractivity contribution in [1.82, 2.24) is 19.7 Å². The van der Waals surface area contributed by atoms with Crippen LogP contribution in [-0.2, 0) is 0 Å². The lowest BCUT2D eigenvalue weighted by Gasteiger charge is -2.10. The summed E-state index contributed by atoms with van der Waals surface area (Å²) in [6.07, 6.45) is 1.47. The lowest BCUT2D eigenvalue weighted by Crippen LogP contribution is -2.08. The number of anilines is 1. The minimum absolute atomic E-state index is 0.182. The van der Waals surface area contributed by atoms with Crippen LogP contribution in [-0.4, -0.2) is 19.7 Å². The Morgan fingerprint density at radius 3 is 2.83 bits per heavy atom. The van der Waals surface area contributed by atoms with Crippen molar-refractivity contribution in [3.8, 4) is 0 Å². The van der Waals surface area contributed by atoms with Gasteiger partial charge in [-0.1, -0.05) is 0 Å². The molecule has 7 heteroatoms. The summed E-state index contributed by atoms with van der Waals surface area (Å²) in [4.78, 5) is 18.0. The molecule has 2 heterocycles. The van der Waals surface area contributed by atoms with Gasteiger partial charge in [-0.2, -0.15) is 5.10 Å². The number of aromatic nitrogens is 4. The first kappa shape index (κ1) is 12.7. The van der Waals surface area contributed by atoms with Crippen molar-refractivity contribution in [3.63, 3.8) is 0 Å². The Kier molecular flexibility index (Phi) is 3.42. The molecule has 0 saturated heterocycles. The molecule has 0 aliphatic rings. The van der Waals surface area contributed by atoms with Gasteiger partial charge in [0.25, 0.3) is 5.56 Å². The van der Waals surface area contributed by atoms with E-state index in [1.54, 1.807) is 0 Å². The summed E-state index contributed by atoms with van der Waals surface area (Å²) < 4.78 is 1.84. The number of nitrogens with two attached hydrogens (primary N) is 1. The molecule has 2 aromatic heterocycles. The SMILES string of the molecule is Cc1nn(C(C)C)c(Sc2nccc(=O)[nH]2)c1N. The second-order valence-corrected chi connectivity index (χ2v) is 5.16. The maximum Gasteiger partial charge on any atom is 0.251 e. The molecule has 2 aromatic rings. The van der Waals surface area contributed by atoms with Crippen LogP contribution in [0.25, 0.3) is 0 Å². The van der Waals surface area contributed by atoms with Crippen molar-refractivity contribution in [1.29, 1.82) is 0 Å². The van der Waals surface area contributed by atoms with E-state index >= 15 is 0 Å². The smallest absolute Gasteiger partial charge is 0.251 e. The number of nitrogens with one attached hydrogen (secondary N) is 1. The topological polar surface area (TPSA) is 89.6 Å². The number of rotatable bonds is 3. The van der Waals surface area contributed by atoms with E-state index in [0.29, 0.717) is 10.8 Å². The van der Waals surface area contributed by atoms with Crippen LogP contribution in [0.4, 0.5) is 5.69 Å². The van der Waals surface area contributed by atoms with Gasteiger partial charge in [-0.25, -0.2) is 4.98 Å². The second kappa shape index (κ2) is 4.85. The van der Waals surface area contributed by atoms with Crippen LogP contribution < -0.4 is 11.3 Å². The monoisotopic (exact) mass is 265 g/mol. The van der Waals surface area contributed by atoms with Crippen molar-refractivity contribution in [3.05, 3.63) is 28.3 Å². The van der Waals surface area contributed by atoms with Crippen LogP contribution in [0.5, 0.6) is 0 Å². The molecule has 96 valence electrons. The van der Waals surface area contributed by atoms with E-state index < -0.39 is 0 Å². The van der Waals surface area contributed by atoms with Gasteiger partial charge in [0.15, 0.2) is 5.16 Å². The first-order valence-electron chi connectivity index (χ1n) is 5.56. The van der Waals surface area contributed by atoms with E-state index in [4.69, 9.17) is 5.73 Å². The van der Waals surface area contributed by atoms with Crippen LogP contribution in [0.2, 0.25) is 0 Å². The number of hydrogen-bond donors (Lipinski definition) is 2. The third kappa shape index (κ3) is 2.40. The number of aryl methyl sites for hydroxylation is 1. The molecular formula is C11H15N5OS. The normalized spacial score (nSPS) is 11.1. The van der Waals surface area contributed by atoms with Crippen molar-refractivity contribution in [2.24, 2.45) is 0 Å². The molecule has 0 radical (unpaired) electrons. The molecule has 18 heavy (non-hydrogen) atoms. The molecule has 0 aliphatic carbocycles. The molecule has 0 fully saturated rings. The van der Waals surface area contributed by atoms with Gasteiger partial charge in [-0.05, 0) is 32.5 Å². The lowest BCUT2D eigenvalue weighted by atomic mass is 10.4. The van der Waals surface area contributed by atoms with Gasteiger partial charge in [0, 0.05) is 18.3 Å². The van der Waals surface area contributed by atoms with Crippen molar-refractivity contribution >= 4 is 17.4 Å². The summed E-state index contributed by atoms with van der Waals surface area (Å²) in [6.45, 7) is 5.91. The average Bonchev–Trinajstić information content (AvgIpc) is 2.57. The maximum atomic E-state index is 11.2. The number of H-pyrrole nitrogens is 1. The van der Waals surface area contributed by atoms with Crippen LogP contribution in [0.15, 0.2) is 27.2 Å². The van der Waals surface area contributed by atoms with E-state index in [-0.39, 0.29) is 11.6 Å². The van der Waals surface area contributed by atoms with Crippen LogP contribution in [0.1, 0.15) is 25.6 Å². The van der Waals surface area contributed by atoms with Gasteiger partial charge >= 0.3 is 0 Å². The zero-order valence-corrected chi connectivity index (χ0v) is 11.3. The van der Waals surface area contributed by atoms with Crippen molar-refractivity contribution in [2.75, 3.05) is 5.73 Å². The molecule has 0 amide bonds. The van der Waals surface area contributed by atoms with Gasteiger partial charge in [-0.3, -0.25) is 9.48 Å². The fourth-order valence-corrected chi connectivity index (χ4v) is 2.54. The highest BCUT2D eigenvalue weighted by atomic mass is 32.2. The predicted molar refractivity (Wildman–Crippen MR) is 70.7 cm³/mol. The number of hydrogen-bond acceptors (Lipinski definition) is 5. The van der Waals surface area contributed by atoms with E-state index in [2.05, 4.69) is 15.1 Å². The van der Waals surface area contributed by atoms with Crippen LogP contribution in [0.3, 0.4) is 0 Å². The van der Waals surface area contributed by atoms with Crippen molar-refractivity contribution in [2.45, 2.75) is 37.0 Å². The largest absolute Gasteiger partial charge is 0.395 e. The molecule has 3 N–H and O–H groups in total. The fraction of sp³-hybridized carbons (Fsp3) is 0.364. The molecule has 0 atom stereocenters. The summed E-state index contributed by atoms with van der Waals surface area (Å²) in [5, 5.41) is 5.69. The van der Waals surface area contributed by atoms with E-state index in [0.717, 1.165) is 10.7 Å². The standard InChI is InChI=1S/C11H15N5OS/c1-6(2)16-10(9(12)7(3)15-16)18-11-13-5-4-8(17)14-11/h4-6H,12H2,1-3H3,(H,13,14,17). The first-order valence-corrected chi connectivity index (χ1v) is 6.38. The second-order valence-electron chi connectivity index (χ2n) is 4.18. The van der Waals surface area contributed by atoms with Crippen LogP contribution in [0, 0.1) is 6.92 Å². The van der Waals surface area contributed by atoms with Crippen LogP contribution >= 0.6 is 11.8 Å². The third-order valence-corrected chi connectivity index (χ3v) is 3.42. The Labute approximate surface area is 109 Å². The molecular weight excluding hydrogens is 250 g/mol. The Bertz CT molecular complexity index is 616. The summed E-state index contributed by atoms with van der Waals surface area (Å²) in [5.74, 6) is 0. The van der Waals surface area contributed by atoms with E-state index in [9.17, 15) is 4.79 Å². The van der Waals surface area contributed by atoms with Gasteiger partial charge in [0.2, 0.25) is 0 Å². The number of nitrogen functional groups attached to an aromatic ring is 1. The number of nitrogens with zero attached hydrogens (tertiary/aromatic N) is 3. The maximum absolute atomic E-state index is 11.2. The predicted octanol–water partition coefficient (Wildman–Crippen LogP) is 1.59. The zero-order chi connectivity index (χ0) is 13.3. The van der Waals surface area contributed by atoms with Gasteiger partial charge in [0.05, 0.1) is 11.4 Å². The van der Waals surface area contributed by atoms with E-state index in [1.807, 2.05) is 25.5 Å². The molecule has 0 unspecified atom stereocenters. The van der Waals surface area contributed by atoms with Gasteiger partial charge < -0.3 is 10.7 Å². The first-order chi connectivity index (χ1) is 8.49. The summed E-state index contributed by atoms with van der Waals surface area (Å²) in [6, 6.07) is 1.57. The molecule has 2 rings (SSSR count). The Balaban J connectivity index is 2.42. The van der Waals surface area contributed by atoms with E-state index in [1.165, 1.54) is 24.0 Å². The zero-order valence-electron chi connectivity index (χ0n) is 10.5. The molecule has 0 aromatic carbocycles. The number of aromatic amines is 1. The minimum atomic E-state index is -0.182. The molecule has 0 spiro atoms. The Morgan fingerprint density at radius 1 is 1.50 bits per heavy atom. The highest BCUT2D eigenvalue weighted by Crippen LogP contribution is 2.33. The quantitative estimate of drug-likeness (QED) is 0.822. The highest BCUT2D eigenvalue weighted by molar-refractivity contribution is 7.99. The fourth-order valence-electron chi connectivity index (χ4n) is 1.49. The Morgan fingerprint density at radius 2 is 2.22 bits per heavy atom. The summed E-state index contributed by atoms with van der Waals surface area (Å²) >= 11 is 1.31. The molecule has 0 saturated carbocycles. The third-order valence-electron chi connectivity index (χ3n) is 2.42. The average molecular weight is 265 g/mol. The Hall–Kier alpha value is -1.76. The van der Waals surface area contributed by atoms with Gasteiger partial charge in [-0.15, -0.1) is 0 Å².